The Morgan fingerprint density at radius 2 is 2.00 bits per heavy atom. The van der Waals surface area contributed by atoms with Crippen LogP contribution in [0.5, 0.6) is 5.75 Å². The summed E-state index contributed by atoms with van der Waals surface area (Å²) in [4.78, 5) is 0. The average Bonchev–Trinajstić information content (AvgIpc) is 3.00. The van der Waals surface area contributed by atoms with Crippen LogP contribution in [0.1, 0.15) is 64.4 Å². The molecule has 2 aliphatic rings. The van der Waals surface area contributed by atoms with Crippen LogP contribution in [-0.2, 0) is 25.6 Å². The van der Waals surface area contributed by atoms with E-state index in [1.165, 1.54) is 5.57 Å². The minimum atomic E-state index is -0.618. The van der Waals surface area contributed by atoms with Gasteiger partial charge in [-0.15, -0.1) is 12.3 Å². The van der Waals surface area contributed by atoms with Crippen molar-refractivity contribution in [2.75, 3.05) is 20.8 Å². The number of aliphatic hydroxyl groups excluding tert-OH is 1. The molecule has 0 spiro atoms. The normalized spacial score (nSPS) is 23.2. The van der Waals surface area contributed by atoms with E-state index < -0.39 is 6.10 Å². The molecule has 0 bridgehead atoms. The minimum absolute atomic E-state index is 0.0141. The molecular formula is C38H52O6. The van der Waals surface area contributed by atoms with Gasteiger partial charge in [-0.05, 0) is 69.1 Å². The van der Waals surface area contributed by atoms with Crippen LogP contribution < -0.4 is 4.74 Å². The lowest BCUT2D eigenvalue weighted by Crippen LogP contribution is -2.29. The highest BCUT2D eigenvalue weighted by Crippen LogP contribution is 2.26. The van der Waals surface area contributed by atoms with Crippen molar-refractivity contribution in [1.29, 1.82) is 0 Å². The zero-order valence-corrected chi connectivity index (χ0v) is 27.0. The Hall–Kier alpha value is -2.92. The molecule has 0 saturated carbocycles. The van der Waals surface area contributed by atoms with Crippen LogP contribution in [0.3, 0.4) is 0 Å². The molecule has 0 radical (unpaired) electrons. The van der Waals surface area contributed by atoms with Crippen LogP contribution in [0.4, 0.5) is 0 Å². The maximum Gasteiger partial charge on any atom is 0.118 e. The summed E-state index contributed by atoms with van der Waals surface area (Å²) in [7, 11) is 3.35. The molecule has 2 aliphatic heterocycles. The third-order valence-corrected chi connectivity index (χ3v) is 8.01. The first kappa shape index (κ1) is 35.6. The Morgan fingerprint density at radius 1 is 1.20 bits per heavy atom. The molecule has 1 aromatic carbocycles. The summed E-state index contributed by atoms with van der Waals surface area (Å²) in [5, 5.41) is 10.8. The van der Waals surface area contributed by atoms with Gasteiger partial charge in [-0.2, -0.15) is 0 Å². The predicted octanol–water partition coefficient (Wildman–Crippen LogP) is 7.29. The monoisotopic (exact) mass is 604 g/mol. The fourth-order valence-corrected chi connectivity index (χ4v) is 5.66. The van der Waals surface area contributed by atoms with Crippen LogP contribution in [0.25, 0.3) is 0 Å². The van der Waals surface area contributed by atoms with E-state index in [-0.39, 0.29) is 30.5 Å². The first-order chi connectivity index (χ1) is 21.3. The SMILES string of the molecule is C#CC[C@@H]1C=CC[C@@H](C[C@@H](C)CC(=C)CC(O)C=CC[C@H](OCc2ccc(OC)cc2)C(C=C[C@@H]2CC(C)=CCO2)OC)O1. The van der Waals surface area contributed by atoms with Gasteiger partial charge in [-0.25, -0.2) is 0 Å². The van der Waals surface area contributed by atoms with Gasteiger partial charge in [0.05, 0.1) is 50.8 Å². The molecule has 44 heavy (non-hydrogen) atoms. The van der Waals surface area contributed by atoms with Crippen molar-refractivity contribution in [2.45, 2.75) is 102 Å². The molecule has 7 atom stereocenters. The van der Waals surface area contributed by atoms with Crippen LogP contribution in [-0.4, -0.2) is 62.6 Å². The highest BCUT2D eigenvalue weighted by Gasteiger charge is 2.22. The summed E-state index contributed by atoms with van der Waals surface area (Å²) in [5.74, 6) is 3.89. The van der Waals surface area contributed by atoms with Gasteiger partial charge in [0, 0.05) is 13.5 Å². The molecule has 1 aromatic rings. The average molecular weight is 605 g/mol. The molecule has 3 rings (SSSR count). The smallest absolute Gasteiger partial charge is 0.118 e. The maximum absolute atomic E-state index is 10.8. The molecule has 1 N–H and O–H groups in total. The third kappa shape index (κ3) is 13.0. The number of rotatable bonds is 18. The van der Waals surface area contributed by atoms with Gasteiger partial charge >= 0.3 is 0 Å². The van der Waals surface area contributed by atoms with Crippen LogP contribution in [0.15, 0.2) is 84.5 Å². The van der Waals surface area contributed by atoms with Crippen LogP contribution >= 0.6 is 0 Å². The zero-order chi connectivity index (χ0) is 31.7. The highest BCUT2D eigenvalue weighted by atomic mass is 16.5. The van der Waals surface area contributed by atoms with E-state index in [0.29, 0.717) is 38.4 Å². The Bertz CT molecular complexity index is 1160. The number of aliphatic hydroxyl groups is 1. The summed E-state index contributed by atoms with van der Waals surface area (Å²) in [5.41, 5.74) is 3.40. The lowest BCUT2D eigenvalue weighted by molar-refractivity contribution is -0.0420. The maximum atomic E-state index is 10.8. The second-order valence-corrected chi connectivity index (χ2v) is 12.0. The fourth-order valence-electron chi connectivity index (χ4n) is 5.66. The summed E-state index contributed by atoms with van der Waals surface area (Å²) in [6, 6.07) is 7.85. The molecule has 2 heterocycles. The first-order valence-electron chi connectivity index (χ1n) is 15.8. The number of hydrogen-bond acceptors (Lipinski definition) is 6. The second-order valence-electron chi connectivity index (χ2n) is 12.0. The molecular weight excluding hydrogens is 552 g/mol. The van der Waals surface area contributed by atoms with Gasteiger partial charge in [-0.3, -0.25) is 0 Å². The number of ether oxygens (including phenoxy) is 5. The van der Waals surface area contributed by atoms with E-state index in [1.807, 2.05) is 42.5 Å². The van der Waals surface area contributed by atoms with E-state index in [0.717, 1.165) is 42.6 Å². The van der Waals surface area contributed by atoms with Crippen molar-refractivity contribution < 1.29 is 28.8 Å². The van der Waals surface area contributed by atoms with E-state index in [1.54, 1.807) is 14.2 Å². The highest BCUT2D eigenvalue weighted by molar-refractivity contribution is 5.26. The Labute approximate surface area is 265 Å². The van der Waals surface area contributed by atoms with Crippen molar-refractivity contribution >= 4 is 0 Å². The Balaban J connectivity index is 1.53. The zero-order valence-electron chi connectivity index (χ0n) is 27.0. The largest absolute Gasteiger partial charge is 0.497 e. The molecule has 0 fully saturated rings. The summed E-state index contributed by atoms with van der Waals surface area (Å²) in [6.07, 6.45) is 24.1. The van der Waals surface area contributed by atoms with Gasteiger partial charge in [0.15, 0.2) is 0 Å². The lowest BCUT2D eigenvalue weighted by atomic mass is 9.91. The summed E-state index contributed by atoms with van der Waals surface area (Å²) in [6.45, 7) is 9.65. The molecule has 240 valence electrons. The second kappa shape index (κ2) is 19.5. The molecule has 0 amide bonds. The standard InChI is InChI=1S/C38H52O6/c1-7-10-34-12-9-13-36(44-34)26-30(4)23-29(3)24-32(39)11-8-14-38(43-27-31-15-17-33(40-5)18-16-31)37(41-6)20-19-35-25-28(2)21-22-42-35/h1,8-9,11-12,15-21,30,32,34-39H,3,10,13-14,22-27H2,2,4-6H3/t30-,32?,34+,35+,36-,37?,38-/m0/s1. The third-order valence-electron chi connectivity index (χ3n) is 8.01. The van der Waals surface area contributed by atoms with Gasteiger partial charge in [0.1, 0.15) is 11.9 Å². The van der Waals surface area contributed by atoms with E-state index in [4.69, 9.17) is 30.1 Å². The van der Waals surface area contributed by atoms with Crippen molar-refractivity contribution in [2.24, 2.45) is 5.92 Å². The molecule has 0 saturated heterocycles. The van der Waals surface area contributed by atoms with Crippen LogP contribution in [0.2, 0.25) is 0 Å². The number of hydrogen-bond donors (Lipinski definition) is 1. The number of methoxy groups -OCH3 is 2. The van der Waals surface area contributed by atoms with Gasteiger partial charge in [0.2, 0.25) is 0 Å². The van der Waals surface area contributed by atoms with Crippen LogP contribution in [0, 0.1) is 18.3 Å². The molecule has 0 aromatic heterocycles. The summed E-state index contributed by atoms with van der Waals surface area (Å²) >= 11 is 0. The van der Waals surface area contributed by atoms with Crippen molar-refractivity contribution in [3.8, 4) is 18.1 Å². The van der Waals surface area contributed by atoms with E-state index in [9.17, 15) is 5.11 Å². The van der Waals surface area contributed by atoms with Crippen molar-refractivity contribution in [1.82, 2.24) is 0 Å². The van der Waals surface area contributed by atoms with E-state index >= 15 is 0 Å². The van der Waals surface area contributed by atoms with Gasteiger partial charge in [0.25, 0.3) is 0 Å². The lowest BCUT2D eigenvalue weighted by Gasteiger charge is -2.27. The Kier molecular flexibility index (Phi) is 15.7. The molecule has 0 aliphatic carbocycles. The molecule has 2 unspecified atom stereocenters. The van der Waals surface area contributed by atoms with Crippen molar-refractivity contribution in [3.05, 3.63) is 90.1 Å². The van der Waals surface area contributed by atoms with Crippen molar-refractivity contribution in [3.63, 3.8) is 0 Å². The fraction of sp³-hybridized carbons (Fsp3) is 0.526. The van der Waals surface area contributed by atoms with Gasteiger partial charge < -0.3 is 28.8 Å². The predicted molar refractivity (Wildman–Crippen MR) is 177 cm³/mol. The molecule has 6 nitrogen and oxygen atoms in total. The molecule has 6 heteroatoms. The minimum Gasteiger partial charge on any atom is -0.497 e. The number of benzene rings is 1. The van der Waals surface area contributed by atoms with E-state index in [2.05, 4.69) is 50.7 Å². The Morgan fingerprint density at radius 3 is 2.70 bits per heavy atom. The first-order valence-corrected chi connectivity index (χ1v) is 15.8. The summed E-state index contributed by atoms with van der Waals surface area (Å²) < 4.78 is 29.5. The number of terminal acetylenes is 1. The quantitative estimate of drug-likeness (QED) is 0.140. The van der Waals surface area contributed by atoms with Gasteiger partial charge in [-0.1, -0.05) is 79.3 Å². The topological polar surface area (TPSA) is 66.4 Å².